The SMILES string of the molecule is CCCCCCCCOC(=O)Nc1ccccc1O. The smallest absolute Gasteiger partial charge is 0.411 e. The van der Waals surface area contributed by atoms with Gasteiger partial charge in [-0.2, -0.15) is 0 Å². The Morgan fingerprint density at radius 1 is 1.16 bits per heavy atom. The topological polar surface area (TPSA) is 58.6 Å². The van der Waals surface area contributed by atoms with Crippen LogP contribution in [0.4, 0.5) is 10.5 Å². The van der Waals surface area contributed by atoms with E-state index in [-0.39, 0.29) is 5.75 Å². The van der Waals surface area contributed by atoms with Gasteiger partial charge in [0.05, 0.1) is 12.3 Å². The van der Waals surface area contributed by atoms with Gasteiger partial charge in [0.15, 0.2) is 0 Å². The molecule has 0 aliphatic rings. The van der Waals surface area contributed by atoms with Gasteiger partial charge in [0.1, 0.15) is 5.75 Å². The number of phenolic OH excluding ortho intramolecular Hbond substituents is 1. The van der Waals surface area contributed by atoms with E-state index in [0.717, 1.165) is 12.8 Å². The number of benzene rings is 1. The molecule has 1 rings (SSSR count). The van der Waals surface area contributed by atoms with E-state index in [1.165, 1.54) is 31.7 Å². The Bertz CT molecular complexity index is 379. The third kappa shape index (κ3) is 6.70. The number of carbonyl (C=O) groups is 1. The number of rotatable bonds is 8. The first-order valence-corrected chi connectivity index (χ1v) is 6.95. The Balaban J connectivity index is 2.10. The van der Waals surface area contributed by atoms with Crippen LogP contribution in [0.2, 0.25) is 0 Å². The summed E-state index contributed by atoms with van der Waals surface area (Å²) in [5.41, 5.74) is 0.371. The van der Waals surface area contributed by atoms with E-state index >= 15 is 0 Å². The lowest BCUT2D eigenvalue weighted by atomic mass is 10.1. The maximum Gasteiger partial charge on any atom is 0.411 e. The molecule has 4 nitrogen and oxygen atoms in total. The Morgan fingerprint density at radius 2 is 1.84 bits per heavy atom. The van der Waals surface area contributed by atoms with Gasteiger partial charge in [0, 0.05) is 0 Å². The fourth-order valence-electron chi connectivity index (χ4n) is 1.77. The molecular formula is C15H23NO3. The molecule has 2 N–H and O–H groups in total. The van der Waals surface area contributed by atoms with Gasteiger partial charge in [-0.15, -0.1) is 0 Å². The average Bonchev–Trinajstić information content (AvgIpc) is 2.40. The normalized spacial score (nSPS) is 10.2. The summed E-state index contributed by atoms with van der Waals surface area (Å²) < 4.78 is 5.05. The summed E-state index contributed by atoms with van der Waals surface area (Å²) in [6.07, 6.45) is 6.41. The average molecular weight is 265 g/mol. The van der Waals surface area contributed by atoms with Crippen molar-refractivity contribution in [3.05, 3.63) is 24.3 Å². The van der Waals surface area contributed by atoms with Crippen LogP contribution in [0.5, 0.6) is 5.75 Å². The molecule has 0 saturated heterocycles. The molecule has 0 radical (unpaired) electrons. The van der Waals surface area contributed by atoms with E-state index in [2.05, 4.69) is 12.2 Å². The summed E-state index contributed by atoms with van der Waals surface area (Å²) in [6.45, 7) is 2.61. The highest BCUT2D eigenvalue weighted by atomic mass is 16.5. The maximum atomic E-state index is 11.5. The van der Waals surface area contributed by atoms with Crippen LogP contribution in [-0.4, -0.2) is 17.8 Å². The van der Waals surface area contributed by atoms with Crippen LogP contribution in [0.1, 0.15) is 45.4 Å². The van der Waals surface area contributed by atoms with Crippen molar-refractivity contribution < 1.29 is 14.6 Å². The largest absolute Gasteiger partial charge is 0.506 e. The summed E-state index contributed by atoms with van der Waals surface area (Å²) in [5.74, 6) is 0.0408. The minimum absolute atomic E-state index is 0.0408. The van der Waals surface area contributed by atoms with Crippen molar-refractivity contribution in [2.75, 3.05) is 11.9 Å². The second kappa shape index (κ2) is 9.25. The predicted molar refractivity (Wildman–Crippen MR) is 76.5 cm³/mol. The van der Waals surface area contributed by atoms with E-state index in [1.54, 1.807) is 18.2 Å². The molecule has 0 unspecified atom stereocenters. The number of anilines is 1. The van der Waals surface area contributed by atoms with Crippen LogP contribution < -0.4 is 5.32 Å². The molecule has 1 amide bonds. The number of ether oxygens (including phenoxy) is 1. The van der Waals surface area contributed by atoms with Crippen molar-refractivity contribution in [2.24, 2.45) is 0 Å². The maximum absolute atomic E-state index is 11.5. The molecule has 19 heavy (non-hydrogen) atoms. The fourth-order valence-corrected chi connectivity index (χ4v) is 1.77. The molecule has 1 aromatic carbocycles. The number of nitrogens with one attached hydrogen (secondary N) is 1. The predicted octanol–water partition coefficient (Wildman–Crippen LogP) is 4.30. The van der Waals surface area contributed by atoms with Crippen LogP contribution >= 0.6 is 0 Å². The molecule has 4 heteroatoms. The third-order valence-electron chi connectivity index (χ3n) is 2.87. The standard InChI is InChI=1S/C15H23NO3/c1-2-3-4-5-6-9-12-19-15(18)16-13-10-7-8-11-14(13)17/h7-8,10-11,17H,2-6,9,12H2,1H3,(H,16,18). The zero-order chi connectivity index (χ0) is 13.9. The van der Waals surface area contributed by atoms with Gasteiger partial charge >= 0.3 is 6.09 Å². The van der Waals surface area contributed by atoms with Gasteiger partial charge in [-0.05, 0) is 18.6 Å². The highest BCUT2D eigenvalue weighted by molar-refractivity contribution is 5.86. The molecule has 0 spiro atoms. The van der Waals surface area contributed by atoms with Gasteiger partial charge in [-0.1, -0.05) is 51.2 Å². The number of para-hydroxylation sites is 2. The van der Waals surface area contributed by atoms with E-state index in [4.69, 9.17) is 4.74 Å². The molecule has 0 fully saturated rings. The first-order valence-electron chi connectivity index (χ1n) is 6.95. The summed E-state index contributed by atoms with van der Waals surface area (Å²) >= 11 is 0. The van der Waals surface area contributed by atoms with E-state index < -0.39 is 6.09 Å². The van der Waals surface area contributed by atoms with Crippen LogP contribution in [0, 0.1) is 0 Å². The number of aromatic hydroxyl groups is 1. The molecule has 0 aliphatic heterocycles. The van der Waals surface area contributed by atoms with E-state index in [1.807, 2.05) is 0 Å². The molecule has 0 bridgehead atoms. The Kier molecular flexibility index (Phi) is 7.47. The molecule has 1 aromatic rings. The van der Waals surface area contributed by atoms with Crippen LogP contribution in [0.15, 0.2) is 24.3 Å². The van der Waals surface area contributed by atoms with Gasteiger partial charge in [-0.3, -0.25) is 5.32 Å². The Morgan fingerprint density at radius 3 is 2.58 bits per heavy atom. The number of phenols is 1. The number of unbranched alkanes of at least 4 members (excludes halogenated alkanes) is 5. The molecule has 0 atom stereocenters. The summed E-state index contributed by atoms with van der Waals surface area (Å²) in [4.78, 5) is 11.5. The lowest BCUT2D eigenvalue weighted by molar-refractivity contribution is 0.159. The van der Waals surface area contributed by atoms with Gasteiger partial charge in [0.25, 0.3) is 0 Å². The number of amides is 1. The lowest BCUT2D eigenvalue weighted by Gasteiger charge is -2.08. The zero-order valence-electron chi connectivity index (χ0n) is 11.5. The molecule has 0 aromatic heterocycles. The zero-order valence-corrected chi connectivity index (χ0v) is 11.5. The van der Waals surface area contributed by atoms with Crippen LogP contribution in [0.3, 0.4) is 0 Å². The van der Waals surface area contributed by atoms with Crippen molar-refractivity contribution >= 4 is 11.8 Å². The number of hydrogen-bond donors (Lipinski definition) is 2. The highest BCUT2D eigenvalue weighted by Gasteiger charge is 2.05. The van der Waals surface area contributed by atoms with Gasteiger partial charge in [0.2, 0.25) is 0 Å². The summed E-state index contributed by atoms with van der Waals surface area (Å²) in [5, 5.41) is 12.0. The lowest BCUT2D eigenvalue weighted by Crippen LogP contribution is -2.14. The minimum Gasteiger partial charge on any atom is -0.506 e. The van der Waals surface area contributed by atoms with Gasteiger partial charge in [-0.25, -0.2) is 4.79 Å². The van der Waals surface area contributed by atoms with Crippen molar-refractivity contribution in [3.63, 3.8) is 0 Å². The highest BCUT2D eigenvalue weighted by Crippen LogP contribution is 2.21. The van der Waals surface area contributed by atoms with Crippen molar-refractivity contribution in [1.82, 2.24) is 0 Å². The first-order chi connectivity index (χ1) is 9.24. The molecule has 0 heterocycles. The second-order valence-corrected chi connectivity index (χ2v) is 4.55. The van der Waals surface area contributed by atoms with Crippen LogP contribution in [-0.2, 0) is 4.74 Å². The van der Waals surface area contributed by atoms with E-state index in [0.29, 0.717) is 12.3 Å². The minimum atomic E-state index is -0.518. The monoisotopic (exact) mass is 265 g/mol. The second-order valence-electron chi connectivity index (χ2n) is 4.55. The fraction of sp³-hybridized carbons (Fsp3) is 0.533. The molecule has 106 valence electrons. The van der Waals surface area contributed by atoms with E-state index in [9.17, 15) is 9.90 Å². The summed E-state index contributed by atoms with van der Waals surface area (Å²) in [7, 11) is 0. The number of hydrogen-bond acceptors (Lipinski definition) is 3. The third-order valence-corrected chi connectivity index (χ3v) is 2.87. The van der Waals surface area contributed by atoms with Gasteiger partial charge < -0.3 is 9.84 Å². The Hall–Kier alpha value is -1.71. The Labute approximate surface area is 114 Å². The quantitative estimate of drug-likeness (QED) is 0.544. The molecular weight excluding hydrogens is 242 g/mol. The first kappa shape index (κ1) is 15.3. The summed E-state index contributed by atoms with van der Waals surface area (Å²) in [6, 6.07) is 6.58. The van der Waals surface area contributed by atoms with Crippen LogP contribution in [0.25, 0.3) is 0 Å². The number of carbonyl (C=O) groups excluding carboxylic acids is 1. The van der Waals surface area contributed by atoms with Crippen molar-refractivity contribution in [2.45, 2.75) is 45.4 Å². The molecule has 0 saturated carbocycles. The van der Waals surface area contributed by atoms with Crippen molar-refractivity contribution in [3.8, 4) is 5.75 Å². The van der Waals surface area contributed by atoms with Crippen molar-refractivity contribution in [1.29, 1.82) is 0 Å². The molecule has 0 aliphatic carbocycles.